The van der Waals surface area contributed by atoms with Gasteiger partial charge in [-0.3, -0.25) is 0 Å². The van der Waals surface area contributed by atoms with Gasteiger partial charge in [0.05, 0.1) is 5.03 Å². The molecule has 2 rings (SSSR count). The smallest absolute Gasteiger partial charge is 0.250 e. The zero-order valence-corrected chi connectivity index (χ0v) is 13.8. The van der Waals surface area contributed by atoms with Gasteiger partial charge >= 0.3 is 0 Å². The molecule has 0 radical (unpaired) electrons. The molecular formula is C13H9Cl4N3O. The van der Waals surface area contributed by atoms with Crippen molar-refractivity contribution in [1.82, 2.24) is 15.0 Å². The Balaban J connectivity index is 2.40. The summed E-state index contributed by atoms with van der Waals surface area (Å²) in [5.74, 6) is 1.83. The molecule has 0 saturated carbocycles. The number of nitrogens with zero attached hydrogens (tertiary/aromatic N) is 3. The number of hydrogen-bond donors (Lipinski definition) is 0. The predicted octanol–water partition coefficient (Wildman–Crippen LogP) is 4.98. The van der Waals surface area contributed by atoms with E-state index in [9.17, 15) is 0 Å². The standard InChI is InChI=1S/C13H9Cl4N3O/c1-7-3-4-9(21-7)5-6-10-18-11(8(2)14)20-12(19-10)13(15,16)17/h3-6H,2H2,1H3/b6-5+. The van der Waals surface area contributed by atoms with E-state index in [4.69, 9.17) is 50.8 Å². The molecule has 0 fully saturated rings. The van der Waals surface area contributed by atoms with E-state index in [-0.39, 0.29) is 22.5 Å². The van der Waals surface area contributed by atoms with E-state index in [1.54, 1.807) is 12.2 Å². The van der Waals surface area contributed by atoms with Crippen LogP contribution in [0.15, 0.2) is 23.1 Å². The number of aromatic nitrogens is 3. The van der Waals surface area contributed by atoms with E-state index in [0.717, 1.165) is 5.76 Å². The van der Waals surface area contributed by atoms with Gasteiger partial charge in [-0.1, -0.05) is 53.0 Å². The third-order valence-corrected chi connectivity index (χ3v) is 2.98. The van der Waals surface area contributed by atoms with Crippen molar-refractivity contribution in [2.45, 2.75) is 10.7 Å². The third kappa shape index (κ3) is 4.45. The highest BCUT2D eigenvalue weighted by Crippen LogP contribution is 2.36. The molecule has 21 heavy (non-hydrogen) atoms. The van der Waals surface area contributed by atoms with Crippen LogP contribution in [0.4, 0.5) is 0 Å². The molecule has 2 aromatic heterocycles. The zero-order chi connectivity index (χ0) is 15.6. The minimum absolute atomic E-state index is 0.0328. The lowest BCUT2D eigenvalue weighted by molar-refractivity contribution is 0.525. The Morgan fingerprint density at radius 3 is 2.43 bits per heavy atom. The van der Waals surface area contributed by atoms with Crippen LogP contribution in [0, 0.1) is 6.92 Å². The molecule has 4 nitrogen and oxygen atoms in total. The van der Waals surface area contributed by atoms with Gasteiger partial charge < -0.3 is 4.42 Å². The first-order valence-corrected chi connectivity index (χ1v) is 7.19. The Hall–Kier alpha value is -1.07. The lowest BCUT2D eigenvalue weighted by atomic mass is 10.3. The van der Waals surface area contributed by atoms with E-state index in [2.05, 4.69) is 21.5 Å². The van der Waals surface area contributed by atoms with Crippen molar-refractivity contribution in [2.24, 2.45) is 0 Å². The van der Waals surface area contributed by atoms with E-state index >= 15 is 0 Å². The molecule has 0 N–H and O–H groups in total. The van der Waals surface area contributed by atoms with Crippen LogP contribution < -0.4 is 0 Å². The van der Waals surface area contributed by atoms with Crippen molar-refractivity contribution < 1.29 is 4.42 Å². The molecular weight excluding hydrogens is 356 g/mol. The monoisotopic (exact) mass is 363 g/mol. The topological polar surface area (TPSA) is 51.8 Å². The van der Waals surface area contributed by atoms with Crippen LogP contribution in [0.3, 0.4) is 0 Å². The van der Waals surface area contributed by atoms with Crippen LogP contribution in [0.5, 0.6) is 0 Å². The summed E-state index contributed by atoms with van der Waals surface area (Å²) in [6, 6.07) is 3.65. The molecule has 2 aromatic rings. The SMILES string of the molecule is C=C(Cl)c1nc(/C=C/c2ccc(C)o2)nc(C(Cl)(Cl)Cl)n1. The van der Waals surface area contributed by atoms with Gasteiger partial charge in [0.2, 0.25) is 3.79 Å². The summed E-state index contributed by atoms with van der Waals surface area (Å²) >= 11 is 23.2. The van der Waals surface area contributed by atoms with Crippen molar-refractivity contribution in [3.63, 3.8) is 0 Å². The van der Waals surface area contributed by atoms with Gasteiger partial charge in [-0.25, -0.2) is 15.0 Å². The van der Waals surface area contributed by atoms with Crippen molar-refractivity contribution in [2.75, 3.05) is 0 Å². The van der Waals surface area contributed by atoms with Crippen molar-refractivity contribution in [1.29, 1.82) is 0 Å². The van der Waals surface area contributed by atoms with Gasteiger partial charge in [0.25, 0.3) is 0 Å². The van der Waals surface area contributed by atoms with Gasteiger partial charge in [0, 0.05) is 0 Å². The van der Waals surface area contributed by atoms with E-state index in [1.165, 1.54) is 0 Å². The van der Waals surface area contributed by atoms with E-state index in [1.807, 2.05) is 19.1 Å². The number of halogens is 4. The highest BCUT2D eigenvalue weighted by molar-refractivity contribution is 6.66. The molecule has 0 saturated heterocycles. The van der Waals surface area contributed by atoms with Crippen LogP contribution in [0.1, 0.15) is 29.0 Å². The first-order chi connectivity index (χ1) is 9.75. The van der Waals surface area contributed by atoms with Gasteiger partial charge in [-0.15, -0.1) is 0 Å². The Bertz CT molecular complexity index is 704. The largest absolute Gasteiger partial charge is 0.462 e. The number of furan rings is 1. The second-order valence-electron chi connectivity index (χ2n) is 4.03. The molecule has 0 atom stereocenters. The molecule has 0 unspecified atom stereocenters. The predicted molar refractivity (Wildman–Crippen MR) is 86.3 cm³/mol. The minimum atomic E-state index is -1.78. The lowest BCUT2D eigenvalue weighted by Gasteiger charge is -2.10. The van der Waals surface area contributed by atoms with Gasteiger partial charge in [0.1, 0.15) is 11.5 Å². The minimum Gasteiger partial charge on any atom is -0.462 e. The fourth-order valence-corrected chi connectivity index (χ4v) is 1.75. The van der Waals surface area contributed by atoms with Crippen molar-refractivity contribution >= 4 is 63.6 Å². The van der Waals surface area contributed by atoms with Gasteiger partial charge in [0.15, 0.2) is 17.5 Å². The maximum Gasteiger partial charge on any atom is 0.250 e. The summed E-state index contributed by atoms with van der Waals surface area (Å²) in [6.07, 6.45) is 3.29. The first-order valence-electron chi connectivity index (χ1n) is 5.68. The molecule has 0 amide bonds. The normalized spacial score (nSPS) is 12.0. The molecule has 0 aromatic carbocycles. The molecule has 0 aliphatic carbocycles. The number of hydrogen-bond acceptors (Lipinski definition) is 4. The van der Waals surface area contributed by atoms with E-state index < -0.39 is 3.79 Å². The summed E-state index contributed by atoms with van der Waals surface area (Å²) in [4.78, 5) is 12.1. The van der Waals surface area contributed by atoms with Crippen LogP contribution in [-0.2, 0) is 3.79 Å². The van der Waals surface area contributed by atoms with Crippen LogP contribution in [0.2, 0.25) is 0 Å². The maximum absolute atomic E-state index is 5.80. The average molecular weight is 365 g/mol. The second kappa shape index (κ2) is 6.36. The summed E-state index contributed by atoms with van der Waals surface area (Å²) in [6.45, 7) is 5.40. The summed E-state index contributed by atoms with van der Waals surface area (Å²) in [5.41, 5.74) is 0. The molecule has 0 bridgehead atoms. The Morgan fingerprint density at radius 1 is 1.19 bits per heavy atom. The molecule has 2 heterocycles. The summed E-state index contributed by atoms with van der Waals surface area (Å²) in [7, 11) is 0. The maximum atomic E-state index is 5.80. The highest BCUT2D eigenvalue weighted by atomic mass is 35.6. The number of alkyl halides is 3. The quantitative estimate of drug-likeness (QED) is 0.720. The van der Waals surface area contributed by atoms with Crippen LogP contribution in [0.25, 0.3) is 17.2 Å². The zero-order valence-electron chi connectivity index (χ0n) is 10.8. The Morgan fingerprint density at radius 2 is 1.90 bits per heavy atom. The average Bonchev–Trinajstić information content (AvgIpc) is 2.81. The Labute approximate surface area is 141 Å². The highest BCUT2D eigenvalue weighted by Gasteiger charge is 2.28. The fourth-order valence-electron chi connectivity index (χ4n) is 1.41. The molecule has 0 spiro atoms. The van der Waals surface area contributed by atoms with E-state index in [0.29, 0.717) is 5.76 Å². The summed E-state index contributed by atoms with van der Waals surface area (Å²) < 4.78 is 3.62. The molecule has 8 heteroatoms. The molecule has 0 aliphatic heterocycles. The van der Waals surface area contributed by atoms with Crippen LogP contribution >= 0.6 is 46.4 Å². The summed E-state index contributed by atoms with van der Waals surface area (Å²) in [5, 5.41) is 0.122. The first kappa shape index (κ1) is 16.3. The second-order valence-corrected chi connectivity index (χ2v) is 6.76. The number of aryl methyl sites for hydroxylation is 1. The molecule has 0 aliphatic rings. The van der Waals surface area contributed by atoms with Gasteiger partial charge in [-0.05, 0) is 31.2 Å². The van der Waals surface area contributed by atoms with Crippen LogP contribution in [-0.4, -0.2) is 15.0 Å². The van der Waals surface area contributed by atoms with Crippen molar-refractivity contribution in [3.05, 3.63) is 47.7 Å². The Kier molecular flexibility index (Phi) is 4.94. The number of rotatable bonds is 3. The fraction of sp³-hybridized carbons (Fsp3) is 0.154. The van der Waals surface area contributed by atoms with Crippen molar-refractivity contribution in [3.8, 4) is 0 Å². The van der Waals surface area contributed by atoms with Gasteiger partial charge in [-0.2, -0.15) is 0 Å². The molecule has 110 valence electrons. The lowest BCUT2D eigenvalue weighted by Crippen LogP contribution is -2.11. The third-order valence-electron chi connectivity index (χ3n) is 2.31.